The van der Waals surface area contributed by atoms with Crippen molar-refractivity contribution in [3.63, 3.8) is 0 Å². The second kappa shape index (κ2) is 7.21. The lowest BCUT2D eigenvalue weighted by molar-refractivity contribution is -0.125. The highest BCUT2D eigenvalue weighted by Crippen LogP contribution is 2.19. The second-order valence-corrected chi connectivity index (χ2v) is 6.01. The number of nitrogens with zero attached hydrogens (tertiary/aromatic N) is 3. The summed E-state index contributed by atoms with van der Waals surface area (Å²) in [7, 11) is 5.66. The maximum absolute atomic E-state index is 12.4. The molecule has 0 unspecified atom stereocenters. The van der Waals surface area contributed by atoms with E-state index in [0.717, 1.165) is 17.1 Å². The van der Waals surface area contributed by atoms with Gasteiger partial charge >= 0.3 is 0 Å². The number of pyridine rings is 1. The number of likely N-dealkylation sites (N-methyl/N-ethyl adjacent to an activating group) is 1. The van der Waals surface area contributed by atoms with Crippen LogP contribution in [0.4, 0.5) is 5.82 Å². The van der Waals surface area contributed by atoms with Crippen molar-refractivity contribution in [1.82, 2.24) is 14.5 Å². The van der Waals surface area contributed by atoms with Gasteiger partial charge in [-0.3, -0.25) is 4.79 Å². The van der Waals surface area contributed by atoms with Crippen LogP contribution in [0.3, 0.4) is 0 Å². The van der Waals surface area contributed by atoms with Gasteiger partial charge < -0.3 is 14.8 Å². The Bertz CT molecular complexity index is 909. The van der Waals surface area contributed by atoms with Crippen molar-refractivity contribution in [3.8, 4) is 0 Å². The van der Waals surface area contributed by atoms with E-state index < -0.39 is 0 Å². The third-order valence-corrected chi connectivity index (χ3v) is 4.29. The van der Waals surface area contributed by atoms with E-state index in [1.54, 1.807) is 23.2 Å². The molecule has 0 spiro atoms. The van der Waals surface area contributed by atoms with Gasteiger partial charge in [0.2, 0.25) is 5.91 Å². The summed E-state index contributed by atoms with van der Waals surface area (Å²) in [4.78, 5) is 18.3. The highest BCUT2D eigenvalue weighted by atomic mass is 16.2. The summed E-state index contributed by atoms with van der Waals surface area (Å²) in [5.74, 6) is 0.763. The zero-order valence-electron chi connectivity index (χ0n) is 14.7. The number of anilines is 1. The predicted molar refractivity (Wildman–Crippen MR) is 102 cm³/mol. The van der Waals surface area contributed by atoms with Crippen LogP contribution in [0.1, 0.15) is 11.3 Å². The van der Waals surface area contributed by atoms with Gasteiger partial charge in [0.1, 0.15) is 5.82 Å². The average molecular weight is 334 g/mol. The number of fused-ring (bicyclic) bond motifs is 1. The molecule has 2 aromatic heterocycles. The zero-order valence-corrected chi connectivity index (χ0v) is 14.7. The predicted octanol–water partition coefficient (Wildman–Crippen LogP) is 3.29. The quantitative estimate of drug-likeness (QED) is 0.729. The topological polar surface area (TPSA) is 50.2 Å². The monoisotopic (exact) mass is 334 g/mol. The van der Waals surface area contributed by atoms with Crippen molar-refractivity contribution < 1.29 is 4.79 Å². The Morgan fingerprint density at radius 1 is 1.28 bits per heavy atom. The van der Waals surface area contributed by atoms with Crippen molar-refractivity contribution in [3.05, 3.63) is 66.0 Å². The van der Waals surface area contributed by atoms with Crippen LogP contribution in [-0.4, -0.2) is 34.5 Å². The fraction of sp³-hybridized carbons (Fsp3) is 0.200. The van der Waals surface area contributed by atoms with Gasteiger partial charge in [0.25, 0.3) is 0 Å². The van der Waals surface area contributed by atoms with Crippen LogP contribution in [0.25, 0.3) is 17.0 Å². The Labute approximate surface area is 147 Å². The molecule has 5 nitrogen and oxygen atoms in total. The van der Waals surface area contributed by atoms with Crippen LogP contribution in [0.5, 0.6) is 0 Å². The third-order valence-electron chi connectivity index (χ3n) is 4.29. The number of hydrogen-bond acceptors (Lipinski definition) is 3. The first-order chi connectivity index (χ1) is 12.1. The molecule has 0 saturated carbocycles. The van der Waals surface area contributed by atoms with Gasteiger partial charge in [-0.25, -0.2) is 4.98 Å². The number of nitrogens with one attached hydrogen (secondary N) is 1. The molecule has 2 heterocycles. The minimum atomic E-state index is -0.0389. The Kier molecular flexibility index (Phi) is 4.84. The summed E-state index contributed by atoms with van der Waals surface area (Å²) < 4.78 is 2.13. The van der Waals surface area contributed by atoms with Gasteiger partial charge in [-0.05, 0) is 41.3 Å². The minimum Gasteiger partial charge on any atom is -0.373 e. The van der Waals surface area contributed by atoms with Crippen molar-refractivity contribution >= 4 is 28.7 Å². The lowest BCUT2D eigenvalue weighted by atomic mass is 10.2. The van der Waals surface area contributed by atoms with Crippen LogP contribution in [0.2, 0.25) is 0 Å². The van der Waals surface area contributed by atoms with Gasteiger partial charge in [-0.1, -0.05) is 18.2 Å². The van der Waals surface area contributed by atoms with Gasteiger partial charge in [0.15, 0.2) is 0 Å². The normalized spacial score (nSPS) is 11.2. The van der Waals surface area contributed by atoms with Crippen LogP contribution in [0, 0.1) is 0 Å². The van der Waals surface area contributed by atoms with Crippen molar-refractivity contribution in [1.29, 1.82) is 0 Å². The average Bonchev–Trinajstić information content (AvgIpc) is 2.96. The summed E-state index contributed by atoms with van der Waals surface area (Å²) in [6.07, 6.45) is 5.10. The Hall–Kier alpha value is -3.08. The number of para-hydroxylation sites is 1. The molecule has 0 aliphatic rings. The van der Waals surface area contributed by atoms with Crippen LogP contribution >= 0.6 is 0 Å². The lowest BCUT2D eigenvalue weighted by Crippen LogP contribution is -2.25. The molecule has 5 heteroatoms. The van der Waals surface area contributed by atoms with Crippen LogP contribution in [0.15, 0.2) is 54.7 Å². The molecule has 0 saturated heterocycles. The minimum absolute atomic E-state index is 0.0389. The molecular formula is C20H22N4O. The van der Waals surface area contributed by atoms with Gasteiger partial charge in [0.05, 0.1) is 6.54 Å². The largest absolute Gasteiger partial charge is 0.373 e. The fourth-order valence-corrected chi connectivity index (χ4v) is 2.77. The smallest absolute Gasteiger partial charge is 0.246 e. The molecule has 1 N–H and O–H groups in total. The molecule has 0 radical (unpaired) electrons. The first-order valence-electron chi connectivity index (χ1n) is 8.19. The fourth-order valence-electron chi connectivity index (χ4n) is 2.77. The van der Waals surface area contributed by atoms with Gasteiger partial charge in [-0.2, -0.15) is 0 Å². The highest BCUT2D eigenvalue weighted by Gasteiger charge is 2.10. The van der Waals surface area contributed by atoms with Crippen LogP contribution in [-0.2, 0) is 18.4 Å². The number of aromatic nitrogens is 2. The summed E-state index contributed by atoms with van der Waals surface area (Å²) in [6, 6.07) is 14.2. The molecule has 25 heavy (non-hydrogen) atoms. The second-order valence-electron chi connectivity index (χ2n) is 6.01. The molecule has 128 valence electrons. The number of rotatable bonds is 5. The summed E-state index contributed by atoms with van der Waals surface area (Å²) in [5.41, 5.74) is 3.17. The Morgan fingerprint density at radius 3 is 2.76 bits per heavy atom. The molecule has 0 bridgehead atoms. The summed E-state index contributed by atoms with van der Waals surface area (Å²) in [5, 5.41) is 4.16. The molecule has 1 aromatic carbocycles. The molecule has 0 aliphatic carbocycles. The third kappa shape index (κ3) is 3.71. The van der Waals surface area contributed by atoms with Crippen molar-refractivity contribution in [2.45, 2.75) is 6.54 Å². The molecule has 0 aliphatic heterocycles. The molecule has 1 amide bonds. The first kappa shape index (κ1) is 16.8. The molecule has 0 atom stereocenters. The molecule has 3 rings (SSSR count). The lowest BCUT2D eigenvalue weighted by Gasteiger charge is -2.15. The van der Waals surface area contributed by atoms with Gasteiger partial charge in [-0.15, -0.1) is 0 Å². The maximum Gasteiger partial charge on any atom is 0.246 e. The van der Waals surface area contributed by atoms with E-state index >= 15 is 0 Å². The SMILES string of the molecule is CNc1ccc(C=CC(=O)N(C)Cc2cc3ccccc3n2C)cn1. The number of benzene rings is 1. The Morgan fingerprint density at radius 2 is 2.08 bits per heavy atom. The van der Waals surface area contributed by atoms with Crippen LogP contribution < -0.4 is 5.32 Å². The zero-order chi connectivity index (χ0) is 17.8. The van der Waals surface area contributed by atoms with E-state index in [4.69, 9.17) is 0 Å². The van der Waals surface area contributed by atoms with E-state index in [-0.39, 0.29) is 5.91 Å². The summed E-state index contributed by atoms with van der Waals surface area (Å²) in [6.45, 7) is 0.561. The summed E-state index contributed by atoms with van der Waals surface area (Å²) >= 11 is 0. The maximum atomic E-state index is 12.4. The standard InChI is InChI=1S/C20H22N4O/c1-21-19-10-8-15(13-22-19)9-11-20(25)23(2)14-17-12-16-6-4-5-7-18(16)24(17)3/h4-13H,14H2,1-3H3,(H,21,22). The first-order valence-corrected chi connectivity index (χ1v) is 8.19. The van der Waals surface area contributed by atoms with E-state index in [1.165, 1.54) is 10.9 Å². The number of amides is 1. The highest BCUT2D eigenvalue weighted by molar-refractivity contribution is 5.91. The van der Waals surface area contributed by atoms with E-state index in [2.05, 4.69) is 33.1 Å². The molecule has 3 aromatic rings. The van der Waals surface area contributed by atoms with Crippen molar-refractivity contribution in [2.24, 2.45) is 7.05 Å². The number of carbonyl (C=O) groups excluding carboxylic acids is 1. The molecular weight excluding hydrogens is 312 g/mol. The number of aryl methyl sites for hydroxylation is 1. The number of hydrogen-bond donors (Lipinski definition) is 1. The van der Waals surface area contributed by atoms with Gasteiger partial charge in [0, 0.05) is 44.6 Å². The van der Waals surface area contributed by atoms with Crippen molar-refractivity contribution in [2.75, 3.05) is 19.4 Å². The van der Waals surface area contributed by atoms with E-state index in [0.29, 0.717) is 6.54 Å². The van der Waals surface area contributed by atoms with E-state index in [1.807, 2.05) is 45.4 Å². The van der Waals surface area contributed by atoms with E-state index in [9.17, 15) is 4.79 Å². The molecule has 0 fully saturated rings. The number of carbonyl (C=O) groups is 1. The Balaban J connectivity index is 1.69.